The summed E-state index contributed by atoms with van der Waals surface area (Å²) < 4.78 is 19.2. The van der Waals surface area contributed by atoms with Crippen molar-refractivity contribution in [2.24, 2.45) is 17.8 Å². The SMILES string of the molecule is CNC(=O)c1coc(-c2nc3oc2C24c5ccccc5N[C@H]2Oc2ccc(cc24)C[C@H](CC(=O)[C@@H](O)C(C)C)C(=O)N[C@H]3C(C)C)n1. The number of rotatable bonds is 7. The quantitative estimate of drug-likeness (QED) is 0.231. The number of nitrogens with one attached hydrogen (secondary N) is 3. The molecule has 0 fully saturated rings. The fourth-order valence-electron chi connectivity index (χ4n) is 6.91. The lowest BCUT2D eigenvalue weighted by Gasteiger charge is -2.28. The van der Waals surface area contributed by atoms with Crippen molar-refractivity contribution in [1.29, 1.82) is 0 Å². The third kappa shape index (κ3) is 4.81. The Kier molecular flexibility index (Phi) is 7.42. The number of oxazole rings is 2. The van der Waals surface area contributed by atoms with Crippen LogP contribution in [0.2, 0.25) is 0 Å². The van der Waals surface area contributed by atoms with E-state index in [0.29, 0.717) is 11.5 Å². The molecule has 2 amide bonds. The third-order valence-corrected chi connectivity index (χ3v) is 9.41. The summed E-state index contributed by atoms with van der Waals surface area (Å²) in [6, 6.07) is 12.9. The van der Waals surface area contributed by atoms with Gasteiger partial charge in [-0.05, 0) is 41.5 Å². The van der Waals surface area contributed by atoms with E-state index in [4.69, 9.17) is 18.6 Å². The molecule has 0 aliphatic carbocycles. The van der Waals surface area contributed by atoms with E-state index in [1.165, 1.54) is 13.3 Å². The van der Waals surface area contributed by atoms with Crippen molar-refractivity contribution < 1.29 is 33.1 Å². The lowest BCUT2D eigenvalue weighted by Crippen LogP contribution is -2.41. The van der Waals surface area contributed by atoms with E-state index in [1.54, 1.807) is 13.8 Å². The summed E-state index contributed by atoms with van der Waals surface area (Å²) in [5.41, 5.74) is 2.61. The van der Waals surface area contributed by atoms with Gasteiger partial charge in [0.25, 0.3) is 5.91 Å². The smallest absolute Gasteiger partial charge is 0.272 e. The summed E-state index contributed by atoms with van der Waals surface area (Å²) >= 11 is 0. The Morgan fingerprint density at radius 1 is 1.09 bits per heavy atom. The van der Waals surface area contributed by atoms with E-state index in [9.17, 15) is 19.5 Å². The third-order valence-electron chi connectivity index (χ3n) is 9.41. The molecule has 0 saturated carbocycles. The number of Topliss-reactive ketones (excluding diaryl/α,β-unsaturated/α-hetero) is 1. The molecule has 12 nitrogen and oxygen atoms in total. The molecular weight excluding hydrogens is 602 g/mol. The molecule has 1 spiro atoms. The number of aromatic nitrogens is 2. The second-order valence-corrected chi connectivity index (χ2v) is 13.2. The molecule has 12 heteroatoms. The number of carbonyl (C=O) groups excluding carboxylic acids is 3. The van der Waals surface area contributed by atoms with Crippen molar-refractivity contribution in [3.63, 3.8) is 0 Å². The minimum atomic E-state index is -1.18. The normalized spacial score (nSPS) is 23.1. The number of fused-ring (bicyclic) bond motifs is 4. The predicted octanol–water partition coefficient (Wildman–Crippen LogP) is 4.13. The first-order valence-corrected chi connectivity index (χ1v) is 15.9. The molecule has 5 atom stereocenters. The number of ether oxygens (including phenoxy) is 1. The molecule has 0 saturated heterocycles. The Hall–Kier alpha value is -4.97. The van der Waals surface area contributed by atoms with Crippen LogP contribution in [0, 0.1) is 17.8 Å². The average Bonchev–Trinajstić information content (AvgIpc) is 3.83. The van der Waals surface area contributed by atoms with E-state index in [0.717, 1.165) is 22.4 Å². The topological polar surface area (TPSA) is 169 Å². The number of hydrogen-bond acceptors (Lipinski definition) is 10. The Morgan fingerprint density at radius 3 is 2.62 bits per heavy atom. The maximum Gasteiger partial charge on any atom is 0.272 e. The maximum atomic E-state index is 14.0. The molecule has 3 aliphatic rings. The number of aliphatic hydroxyl groups is 1. The predicted molar refractivity (Wildman–Crippen MR) is 170 cm³/mol. The van der Waals surface area contributed by atoms with Crippen LogP contribution < -0.4 is 20.7 Å². The van der Waals surface area contributed by atoms with Crippen molar-refractivity contribution in [2.75, 3.05) is 12.4 Å². The fraction of sp³-hybridized carbons (Fsp3) is 0.400. The molecule has 0 radical (unpaired) electrons. The number of hydrogen-bond donors (Lipinski definition) is 4. The van der Waals surface area contributed by atoms with E-state index in [-0.39, 0.29) is 59.5 Å². The molecule has 4 N–H and O–H groups in total. The van der Waals surface area contributed by atoms with Crippen LogP contribution in [0.1, 0.15) is 79.0 Å². The summed E-state index contributed by atoms with van der Waals surface area (Å²) in [4.78, 5) is 49.0. The average molecular weight is 640 g/mol. The van der Waals surface area contributed by atoms with Crippen LogP contribution in [0.25, 0.3) is 11.6 Å². The largest absolute Gasteiger partial charge is 0.469 e. The van der Waals surface area contributed by atoms with Gasteiger partial charge in [0.15, 0.2) is 29.2 Å². The second-order valence-electron chi connectivity index (χ2n) is 13.2. The van der Waals surface area contributed by atoms with Gasteiger partial charge in [0.1, 0.15) is 29.6 Å². The first-order chi connectivity index (χ1) is 22.5. The first kappa shape index (κ1) is 30.7. The van der Waals surface area contributed by atoms with Crippen LogP contribution in [0.3, 0.4) is 0 Å². The van der Waals surface area contributed by atoms with Crippen molar-refractivity contribution in [3.8, 4) is 17.3 Å². The highest BCUT2D eigenvalue weighted by Gasteiger charge is 2.61. The lowest BCUT2D eigenvalue weighted by atomic mass is 9.72. The summed E-state index contributed by atoms with van der Waals surface area (Å²) in [5.74, 6) is -1.10. The molecule has 3 aliphatic heterocycles. The highest BCUT2D eigenvalue weighted by molar-refractivity contribution is 5.92. The number of carbonyl (C=O) groups is 3. The molecule has 2 aromatic heterocycles. The number of aliphatic hydroxyl groups excluding tert-OH is 1. The van der Waals surface area contributed by atoms with Gasteiger partial charge in [0, 0.05) is 30.6 Å². The van der Waals surface area contributed by atoms with Crippen molar-refractivity contribution in [3.05, 3.63) is 82.8 Å². The zero-order chi connectivity index (χ0) is 33.2. The number of ketones is 1. The highest BCUT2D eigenvalue weighted by Crippen LogP contribution is 2.59. The summed E-state index contributed by atoms with van der Waals surface area (Å²) in [6.07, 6.45) is -0.428. The fourth-order valence-corrected chi connectivity index (χ4v) is 6.91. The van der Waals surface area contributed by atoms with Gasteiger partial charge in [0.2, 0.25) is 17.7 Å². The highest BCUT2D eigenvalue weighted by atomic mass is 16.5. The summed E-state index contributed by atoms with van der Waals surface area (Å²) in [7, 11) is 1.51. The second kappa shape index (κ2) is 11.4. The number of para-hydroxylation sites is 1. The zero-order valence-corrected chi connectivity index (χ0v) is 26.8. The number of amides is 2. The molecule has 2 aromatic carbocycles. The molecule has 4 bridgehead atoms. The van der Waals surface area contributed by atoms with Crippen LogP contribution in [0.15, 0.2) is 57.6 Å². The Bertz CT molecular complexity index is 1890. The molecule has 1 unspecified atom stereocenters. The minimum Gasteiger partial charge on any atom is -0.469 e. The molecule has 47 heavy (non-hydrogen) atoms. The van der Waals surface area contributed by atoms with Gasteiger partial charge in [-0.15, -0.1) is 0 Å². The Labute approximate surface area is 271 Å². The van der Waals surface area contributed by atoms with Crippen LogP contribution >= 0.6 is 0 Å². The molecule has 5 heterocycles. The summed E-state index contributed by atoms with van der Waals surface area (Å²) in [6.45, 7) is 7.41. The first-order valence-electron chi connectivity index (χ1n) is 15.9. The van der Waals surface area contributed by atoms with Crippen molar-refractivity contribution in [2.45, 2.75) is 64.3 Å². The van der Waals surface area contributed by atoms with Gasteiger partial charge >= 0.3 is 0 Å². The van der Waals surface area contributed by atoms with Gasteiger partial charge in [-0.25, -0.2) is 9.97 Å². The van der Waals surface area contributed by atoms with Crippen molar-refractivity contribution >= 4 is 23.3 Å². The monoisotopic (exact) mass is 639 g/mol. The van der Waals surface area contributed by atoms with E-state index < -0.39 is 35.6 Å². The standard InChI is InChI=1S/C35H37N5O7/c1-16(2)26-33-40-27(32-37-23(15-45-32)31(44)36-5)29(47-33)35-20-8-6-7-9-22(20)38-34(35)46-25-11-10-18(13-21(25)35)12-19(30(43)39-26)14-24(41)28(42)17(3)4/h6-11,13,15-17,19,26,28,34,38,42H,12,14H2,1-5H3,(H,36,44)(H,39,43)/t19-,26+,28+,34+,35?/m1/s1. The van der Waals surface area contributed by atoms with Crippen LogP contribution in [-0.2, 0) is 21.4 Å². The van der Waals surface area contributed by atoms with Crippen molar-refractivity contribution in [1.82, 2.24) is 20.6 Å². The minimum absolute atomic E-state index is 0.0741. The Morgan fingerprint density at radius 2 is 1.87 bits per heavy atom. The van der Waals surface area contributed by atoms with Gasteiger partial charge in [-0.1, -0.05) is 58.0 Å². The van der Waals surface area contributed by atoms with E-state index in [1.807, 2.05) is 56.3 Å². The lowest BCUT2D eigenvalue weighted by molar-refractivity contribution is -0.135. The zero-order valence-electron chi connectivity index (χ0n) is 26.8. The number of anilines is 1. The van der Waals surface area contributed by atoms with Crippen LogP contribution in [0.4, 0.5) is 5.69 Å². The van der Waals surface area contributed by atoms with Gasteiger partial charge in [-0.3, -0.25) is 14.4 Å². The molecular formula is C35H37N5O7. The molecule has 4 aromatic rings. The molecule has 244 valence electrons. The molecule has 7 rings (SSSR count). The van der Waals surface area contributed by atoms with Gasteiger partial charge in [-0.2, -0.15) is 0 Å². The maximum absolute atomic E-state index is 14.0. The van der Waals surface area contributed by atoms with E-state index >= 15 is 0 Å². The Balaban J connectivity index is 1.48. The summed E-state index contributed by atoms with van der Waals surface area (Å²) in [5, 5.41) is 19.7. The van der Waals surface area contributed by atoms with E-state index in [2.05, 4.69) is 20.9 Å². The van der Waals surface area contributed by atoms with Gasteiger partial charge < -0.3 is 34.6 Å². The van der Waals surface area contributed by atoms with Crippen LogP contribution in [-0.4, -0.2) is 52.1 Å². The van der Waals surface area contributed by atoms with Gasteiger partial charge in [0.05, 0.1) is 0 Å². The number of nitrogens with zero attached hydrogens (tertiary/aromatic N) is 2. The number of benzene rings is 2. The van der Waals surface area contributed by atoms with Crippen LogP contribution in [0.5, 0.6) is 5.75 Å².